The van der Waals surface area contributed by atoms with Crippen molar-refractivity contribution in [3.63, 3.8) is 0 Å². The molecule has 0 spiro atoms. The van der Waals surface area contributed by atoms with Crippen LogP contribution in [0.5, 0.6) is 0 Å². The minimum absolute atomic E-state index is 0.0522. The predicted molar refractivity (Wildman–Crippen MR) is 115 cm³/mol. The maximum absolute atomic E-state index is 11.6. The Kier molecular flexibility index (Phi) is 9.04. The van der Waals surface area contributed by atoms with Gasteiger partial charge in [-0.25, -0.2) is 9.97 Å². The summed E-state index contributed by atoms with van der Waals surface area (Å²) in [5.41, 5.74) is 0.870. The van der Waals surface area contributed by atoms with Crippen LogP contribution < -0.4 is 26.6 Å². The van der Waals surface area contributed by atoms with E-state index >= 15 is 0 Å². The van der Waals surface area contributed by atoms with Crippen LogP contribution in [0.2, 0.25) is 0 Å². The quantitative estimate of drug-likeness (QED) is 0.335. The molecule has 0 fully saturated rings. The summed E-state index contributed by atoms with van der Waals surface area (Å²) in [5, 5.41) is 14.2. The average molecular weight is 413 g/mol. The highest BCUT2D eigenvalue weighted by Gasteiger charge is 2.07. The standard InChI is InChI=1S/C20H27N7O3/c1-14(28)21-8-9-22-17-12-18(23-10-11-24-19(30)13-25-15(2)29)27-20(26-17)16-6-4-3-5-7-16/h3-7,12H,8-11,13H2,1-2H3,(H,21,28)(H,24,30)(H,25,29)(H2,22,23,26,27). The first-order chi connectivity index (χ1) is 14.4. The van der Waals surface area contributed by atoms with Gasteiger partial charge in [-0.05, 0) is 0 Å². The molecular formula is C20H27N7O3. The number of nitrogens with zero attached hydrogens (tertiary/aromatic N) is 2. The van der Waals surface area contributed by atoms with Crippen LogP contribution in [0.15, 0.2) is 36.4 Å². The molecule has 1 aromatic carbocycles. The Morgan fingerprint density at radius 1 is 0.767 bits per heavy atom. The number of aromatic nitrogens is 2. The van der Waals surface area contributed by atoms with E-state index in [9.17, 15) is 14.4 Å². The van der Waals surface area contributed by atoms with E-state index in [1.54, 1.807) is 6.07 Å². The molecule has 2 rings (SSSR count). The Labute approximate surface area is 175 Å². The number of anilines is 2. The normalized spacial score (nSPS) is 10.1. The van der Waals surface area contributed by atoms with Crippen molar-refractivity contribution in [1.29, 1.82) is 0 Å². The highest BCUT2D eigenvalue weighted by molar-refractivity contribution is 5.83. The van der Waals surface area contributed by atoms with Gasteiger partial charge in [0.25, 0.3) is 0 Å². The third kappa shape index (κ3) is 8.55. The molecule has 0 aliphatic rings. The zero-order valence-corrected chi connectivity index (χ0v) is 17.1. The Hall–Kier alpha value is -3.69. The lowest BCUT2D eigenvalue weighted by atomic mass is 10.2. The molecule has 0 bridgehead atoms. The van der Waals surface area contributed by atoms with E-state index < -0.39 is 0 Å². The fourth-order valence-corrected chi connectivity index (χ4v) is 2.43. The summed E-state index contributed by atoms with van der Waals surface area (Å²) >= 11 is 0. The largest absolute Gasteiger partial charge is 0.368 e. The molecule has 5 N–H and O–H groups in total. The van der Waals surface area contributed by atoms with Crippen LogP contribution in [0.3, 0.4) is 0 Å². The second-order valence-corrected chi connectivity index (χ2v) is 6.42. The number of hydrogen-bond acceptors (Lipinski definition) is 7. The second kappa shape index (κ2) is 12.0. The minimum Gasteiger partial charge on any atom is -0.368 e. The number of benzene rings is 1. The monoisotopic (exact) mass is 413 g/mol. The van der Waals surface area contributed by atoms with Gasteiger partial charge >= 0.3 is 0 Å². The van der Waals surface area contributed by atoms with Gasteiger partial charge in [-0.1, -0.05) is 30.3 Å². The Balaban J connectivity index is 1.97. The molecule has 0 saturated heterocycles. The number of hydrogen-bond donors (Lipinski definition) is 5. The lowest BCUT2D eigenvalue weighted by Crippen LogP contribution is -2.37. The molecule has 160 valence electrons. The van der Waals surface area contributed by atoms with Gasteiger partial charge in [0, 0.05) is 51.7 Å². The fourth-order valence-electron chi connectivity index (χ4n) is 2.43. The Bertz CT molecular complexity index is 859. The van der Waals surface area contributed by atoms with E-state index in [-0.39, 0.29) is 24.3 Å². The molecule has 0 aliphatic carbocycles. The maximum Gasteiger partial charge on any atom is 0.239 e. The van der Waals surface area contributed by atoms with E-state index in [0.29, 0.717) is 43.6 Å². The third-order valence-electron chi connectivity index (χ3n) is 3.81. The van der Waals surface area contributed by atoms with Gasteiger partial charge in [-0.15, -0.1) is 0 Å². The zero-order valence-electron chi connectivity index (χ0n) is 17.1. The van der Waals surface area contributed by atoms with Crippen LogP contribution in [0.1, 0.15) is 13.8 Å². The van der Waals surface area contributed by atoms with Gasteiger partial charge in [-0.2, -0.15) is 0 Å². The first-order valence-electron chi connectivity index (χ1n) is 9.62. The lowest BCUT2D eigenvalue weighted by molar-refractivity contribution is -0.124. The Morgan fingerprint density at radius 3 is 1.90 bits per heavy atom. The van der Waals surface area contributed by atoms with E-state index in [4.69, 9.17) is 0 Å². The van der Waals surface area contributed by atoms with Crippen LogP contribution in [0.4, 0.5) is 11.6 Å². The molecule has 3 amide bonds. The molecule has 2 aromatic rings. The first kappa shape index (κ1) is 22.6. The van der Waals surface area contributed by atoms with E-state index in [2.05, 4.69) is 36.6 Å². The van der Waals surface area contributed by atoms with Gasteiger partial charge in [0.15, 0.2) is 5.82 Å². The van der Waals surface area contributed by atoms with Crippen LogP contribution in [-0.4, -0.2) is 60.4 Å². The van der Waals surface area contributed by atoms with Crippen LogP contribution in [0.25, 0.3) is 11.4 Å². The van der Waals surface area contributed by atoms with E-state index in [1.807, 2.05) is 30.3 Å². The second-order valence-electron chi connectivity index (χ2n) is 6.42. The number of carbonyl (C=O) groups excluding carboxylic acids is 3. The van der Waals surface area contributed by atoms with Gasteiger partial charge in [0.05, 0.1) is 6.54 Å². The van der Waals surface area contributed by atoms with Crippen molar-refractivity contribution < 1.29 is 14.4 Å². The molecule has 0 radical (unpaired) electrons. The van der Waals surface area contributed by atoms with Crippen LogP contribution in [-0.2, 0) is 14.4 Å². The molecule has 0 saturated carbocycles. The summed E-state index contributed by atoms with van der Waals surface area (Å²) in [7, 11) is 0. The summed E-state index contributed by atoms with van der Waals surface area (Å²) < 4.78 is 0. The van der Waals surface area contributed by atoms with Crippen molar-refractivity contribution in [2.45, 2.75) is 13.8 Å². The molecule has 1 heterocycles. The van der Waals surface area contributed by atoms with Crippen LogP contribution >= 0.6 is 0 Å². The Morgan fingerprint density at radius 2 is 1.33 bits per heavy atom. The molecule has 0 unspecified atom stereocenters. The minimum atomic E-state index is -0.264. The van der Waals surface area contributed by atoms with Crippen molar-refractivity contribution in [2.24, 2.45) is 0 Å². The average Bonchev–Trinajstić information content (AvgIpc) is 2.73. The lowest BCUT2D eigenvalue weighted by Gasteiger charge is -2.12. The molecular weight excluding hydrogens is 386 g/mol. The zero-order chi connectivity index (χ0) is 21.8. The van der Waals surface area contributed by atoms with Crippen molar-refractivity contribution in [2.75, 3.05) is 43.4 Å². The number of nitrogens with one attached hydrogen (secondary N) is 5. The summed E-state index contributed by atoms with van der Waals surface area (Å²) in [6.07, 6.45) is 0. The van der Waals surface area contributed by atoms with Gasteiger partial charge in [-0.3, -0.25) is 14.4 Å². The topological polar surface area (TPSA) is 137 Å². The molecule has 0 atom stereocenters. The first-order valence-corrected chi connectivity index (χ1v) is 9.62. The van der Waals surface area contributed by atoms with E-state index in [0.717, 1.165) is 5.56 Å². The summed E-state index contributed by atoms with van der Waals surface area (Å²) in [4.78, 5) is 42.5. The SMILES string of the molecule is CC(=O)NCCNc1cc(NCCNC(=O)CNC(C)=O)nc(-c2ccccc2)n1. The summed E-state index contributed by atoms with van der Waals surface area (Å²) in [5.74, 6) is 1.16. The molecule has 30 heavy (non-hydrogen) atoms. The molecule has 0 aliphatic heterocycles. The van der Waals surface area contributed by atoms with Gasteiger partial charge < -0.3 is 26.6 Å². The number of amides is 3. The summed E-state index contributed by atoms with van der Waals surface area (Å²) in [6.45, 7) is 4.58. The number of rotatable bonds is 11. The van der Waals surface area contributed by atoms with Crippen molar-refractivity contribution in [3.05, 3.63) is 36.4 Å². The highest BCUT2D eigenvalue weighted by Crippen LogP contribution is 2.19. The maximum atomic E-state index is 11.6. The predicted octanol–water partition coefficient (Wildman–Crippen LogP) is 0.356. The third-order valence-corrected chi connectivity index (χ3v) is 3.81. The van der Waals surface area contributed by atoms with Crippen molar-refractivity contribution in [1.82, 2.24) is 25.9 Å². The molecule has 10 nitrogen and oxygen atoms in total. The number of carbonyl (C=O) groups is 3. The smallest absolute Gasteiger partial charge is 0.239 e. The molecule has 10 heteroatoms. The van der Waals surface area contributed by atoms with Crippen molar-refractivity contribution in [3.8, 4) is 11.4 Å². The highest BCUT2D eigenvalue weighted by atomic mass is 16.2. The van der Waals surface area contributed by atoms with Crippen molar-refractivity contribution >= 4 is 29.4 Å². The fraction of sp³-hybridized carbons (Fsp3) is 0.350. The van der Waals surface area contributed by atoms with E-state index in [1.165, 1.54) is 13.8 Å². The van der Waals surface area contributed by atoms with Gasteiger partial charge in [0.1, 0.15) is 11.6 Å². The molecule has 1 aromatic heterocycles. The van der Waals surface area contributed by atoms with Gasteiger partial charge in [0.2, 0.25) is 17.7 Å². The summed E-state index contributed by atoms with van der Waals surface area (Å²) in [6, 6.07) is 11.3. The van der Waals surface area contributed by atoms with Crippen LogP contribution in [0, 0.1) is 0 Å².